The minimum atomic E-state index is -1.42. The Kier molecular flexibility index (Phi) is 17.6. The Labute approximate surface area is 406 Å². The molecule has 6 heteroatoms. The summed E-state index contributed by atoms with van der Waals surface area (Å²) in [4.78, 5) is 17.7. The van der Waals surface area contributed by atoms with Gasteiger partial charge in [-0.2, -0.15) is 0 Å². The predicted molar refractivity (Wildman–Crippen MR) is 284 cm³/mol. The van der Waals surface area contributed by atoms with E-state index in [1.165, 1.54) is 77.0 Å². The number of ether oxygens (including phenoxy) is 2. The maximum absolute atomic E-state index is 6.95. The van der Waals surface area contributed by atoms with Crippen LogP contribution >= 0.6 is 0 Å². The van der Waals surface area contributed by atoms with E-state index in [0.29, 0.717) is 19.0 Å². The van der Waals surface area contributed by atoms with Crippen molar-refractivity contribution in [3.05, 3.63) is 187 Å². The third-order valence-corrected chi connectivity index (χ3v) is 13.0. The first-order valence-corrected chi connectivity index (χ1v) is 25.7. The standard InChI is InChI=1S/C62H70N4O2/c1-3-5-7-9-11-13-15-33-47-67-55-45-31-29-43-53(55)61-63-59(51-39-25-19-26-40-51)60(52-41-27-20-28-42-52)66(61)62(54-44-30-32-46-56(54)68-48-34-16-14-12-10-8-6-4-2)64-57(49-35-21-17-22-36-49)58(65-62)50-37-23-18-24-38-50/h17-32,35-46H,3-16,33-34,47-48H2,1-2H3. The van der Waals surface area contributed by atoms with Crippen LogP contribution in [0.5, 0.6) is 11.5 Å². The average molecular weight is 903 g/mol. The van der Waals surface area contributed by atoms with E-state index >= 15 is 0 Å². The Bertz CT molecular complexity index is 2600. The zero-order valence-electron chi connectivity index (χ0n) is 40.5. The molecule has 0 saturated carbocycles. The van der Waals surface area contributed by atoms with Crippen LogP contribution in [0, 0.1) is 0 Å². The summed E-state index contributed by atoms with van der Waals surface area (Å²) in [6.07, 6.45) is 19.7. The van der Waals surface area contributed by atoms with E-state index in [9.17, 15) is 0 Å². The van der Waals surface area contributed by atoms with Crippen molar-refractivity contribution in [3.63, 3.8) is 0 Å². The van der Waals surface area contributed by atoms with Gasteiger partial charge in [-0.25, -0.2) is 15.0 Å². The van der Waals surface area contributed by atoms with E-state index in [0.717, 1.165) is 93.4 Å². The number of imidazole rings is 1. The molecule has 0 aliphatic carbocycles. The molecular weight excluding hydrogens is 833 g/mol. The van der Waals surface area contributed by atoms with E-state index in [1.807, 2.05) is 0 Å². The summed E-state index contributed by atoms with van der Waals surface area (Å²) in [6, 6.07) is 58.8. The van der Waals surface area contributed by atoms with Gasteiger partial charge in [-0.1, -0.05) is 249 Å². The monoisotopic (exact) mass is 903 g/mol. The van der Waals surface area contributed by atoms with Crippen LogP contribution in [0.4, 0.5) is 0 Å². The summed E-state index contributed by atoms with van der Waals surface area (Å²) >= 11 is 0. The minimum absolute atomic E-state index is 0.597. The quantitative estimate of drug-likeness (QED) is 0.0483. The fourth-order valence-corrected chi connectivity index (χ4v) is 9.43. The molecular formula is C62H70N4O2. The summed E-state index contributed by atoms with van der Waals surface area (Å²) in [7, 11) is 0. The maximum atomic E-state index is 6.95. The smallest absolute Gasteiger partial charge is 0.265 e. The Balaban J connectivity index is 1.32. The van der Waals surface area contributed by atoms with Crippen molar-refractivity contribution in [2.24, 2.45) is 9.98 Å². The minimum Gasteiger partial charge on any atom is -0.493 e. The Morgan fingerprint density at radius 2 is 0.794 bits per heavy atom. The highest BCUT2D eigenvalue weighted by molar-refractivity contribution is 6.54. The van der Waals surface area contributed by atoms with Crippen molar-refractivity contribution >= 4 is 11.4 Å². The van der Waals surface area contributed by atoms with Gasteiger partial charge in [0.2, 0.25) is 0 Å². The van der Waals surface area contributed by atoms with Crippen LogP contribution in [0.15, 0.2) is 180 Å². The second-order valence-electron chi connectivity index (χ2n) is 18.1. The molecule has 0 radical (unpaired) electrons. The van der Waals surface area contributed by atoms with Crippen molar-refractivity contribution in [1.29, 1.82) is 0 Å². The molecule has 6 aromatic carbocycles. The molecule has 2 heterocycles. The van der Waals surface area contributed by atoms with Gasteiger partial charge in [0, 0.05) is 22.3 Å². The molecule has 350 valence electrons. The number of aliphatic imine (C=N–C) groups is 2. The molecule has 0 N–H and O–H groups in total. The molecule has 1 aromatic heterocycles. The van der Waals surface area contributed by atoms with Crippen LogP contribution in [-0.2, 0) is 5.79 Å². The van der Waals surface area contributed by atoms with Gasteiger partial charge in [0.15, 0.2) is 0 Å². The van der Waals surface area contributed by atoms with E-state index in [4.69, 9.17) is 24.4 Å². The molecule has 0 saturated heterocycles. The van der Waals surface area contributed by atoms with Crippen LogP contribution in [0.25, 0.3) is 33.9 Å². The van der Waals surface area contributed by atoms with Gasteiger partial charge in [-0.3, -0.25) is 4.57 Å². The Morgan fingerprint density at radius 1 is 0.397 bits per heavy atom. The van der Waals surface area contributed by atoms with Gasteiger partial charge in [-0.15, -0.1) is 0 Å². The fourth-order valence-electron chi connectivity index (χ4n) is 9.43. The largest absolute Gasteiger partial charge is 0.493 e. The number of rotatable bonds is 27. The summed E-state index contributed by atoms with van der Waals surface area (Å²) in [5.41, 5.74) is 9.01. The summed E-state index contributed by atoms with van der Waals surface area (Å²) < 4.78 is 16.1. The molecule has 0 fully saturated rings. The van der Waals surface area contributed by atoms with E-state index < -0.39 is 5.79 Å². The van der Waals surface area contributed by atoms with Gasteiger partial charge in [-0.05, 0) is 37.1 Å². The van der Waals surface area contributed by atoms with Crippen molar-refractivity contribution in [2.75, 3.05) is 13.2 Å². The van der Waals surface area contributed by atoms with Crippen LogP contribution in [-0.4, -0.2) is 34.2 Å². The lowest BCUT2D eigenvalue weighted by molar-refractivity contribution is 0.287. The average Bonchev–Trinajstić information content (AvgIpc) is 4.00. The van der Waals surface area contributed by atoms with Gasteiger partial charge in [0.25, 0.3) is 5.79 Å². The van der Waals surface area contributed by atoms with Crippen molar-refractivity contribution < 1.29 is 9.47 Å². The van der Waals surface area contributed by atoms with Gasteiger partial charge < -0.3 is 9.47 Å². The van der Waals surface area contributed by atoms with Crippen LogP contribution < -0.4 is 9.47 Å². The number of hydrogen-bond donors (Lipinski definition) is 0. The first-order chi connectivity index (χ1) is 33.7. The topological polar surface area (TPSA) is 61.0 Å². The third kappa shape index (κ3) is 11.8. The highest BCUT2D eigenvalue weighted by Crippen LogP contribution is 2.49. The fraction of sp³-hybridized carbons (Fsp3) is 0.339. The zero-order valence-corrected chi connectivity index (χ0v) is 40.5. The van der Waals surface area contributed by atoms with Gasteiger partial charge >= 0.3 is 0 Å². The van der Waals surface area contributed by atoms with Crippen LogP contribution in [0.2, 0.25) is 0 Å². The number of para-hydroxylation sites is 2. The van der Waals surface area contributed by atoms with Gasteiger partial charge in [0.05, 0.1) is 47.2 Å². The molecule has 1 aliphatic rings. The molecule has 7 aromatic rings. The van der Waals surface area contributed by atoms with E-state index in [-0.39, 0.29) is 0 Å². The zero-order chi connectivity index (χ0) is 46.6. The molecule has 0 spiro atoms. The molecule has 68 heavy (non-hydrogen) atoms. The highest BCUT2D eigenvalue weighted by Gasteiger charge is 2.47. The second-order valence-corrected chi connectivity index (χ2v) is 18.1. The molecule has 1 aliphatic heterocycles. The lowest BCUT2D eigenvalue weighted by Crippen LogP contribution is -2.32. The summed E-state index contributed by atoms with van der Waals surface area (Å²) in [5.74, 6) is 0.829. The van der Waals surface area contributed by atoms with Gasteiger partial charge in [0.1, 0.15) is 17.3 Å². The molecule has 8 rings (SSSR count). The van der Waals surface area contributed by atoms with Crippen LogP contribution in [0.3, 0.4) is 0 Å². The molecule has 0 bridgehead atoms. The van der Waals surface area contributed by atoms with Crippen molar-refractivity contribution in [3.8, 4) is 45.4 Å². The Hall–Kier alpha value is -6.53. The first kappa shape index (κ1) is 47.9. The van der Waals surface area contributed by atoms with Crippen molar-refractivity contribution in [1.82, 2.24) is 9.55 Å². The molecule has 0 amide bonds. The number of aromatic nitrogens is 2. The number of hydrogen-bond acceptors (Lipinski definition) is 5. The normalized spacial score (nSPS) is 13.0. The Morgan fingerprint density at radius 3 is 1.31 bits per heavy atom. The molecule has 6 nitrogen and oxygen atoms in total. The molecule has 0 unspecified atom stereocenters. The number of nitrogens with zero attached hydrogens (tertiary/aromatic N) is 4. The maximum Gasteiger partial charge on any atom is 0.265 e. The highest BCUT2D eigenvalue weighted by atomic mass is 16.5. The third-order valence-electron chi connectivity index (χ3n) is 13.0. The number of unbranched alkanes of at least 4 members (excludes halogenated alkanes) is 14. The lowest BCUT2D eigenvalue weighted by Gasteiger charge is -2.31. The molecule has 0 atom stereocenters. The van der Waals surface area contributed by atoms with Crippen molar-refractivity contribution in [2.45, 2.75) is 122 Å². The number of benzene rings is 6. The van der Waals surface area contributed by atoms with E-state index in [2.05, 4.69) is 188 Å². The van der Waals surface area contributed by atoms with E-state index in [1.54, 1.807) is 0 Å². The second kappa shape index (κ2) is 25.0. The predicted octanol–water partition coefficient (Wildman–Crippen LogP) is 16.6. The summed E-state index contributed by atoms with van der Waals surface area (Å²) in [6.45, 7) is 5.77. The summed E-state index contributed by atoms with van der Waals surface area (Å²) in [5, 5.41) is 0. The van der Waals surface area contributed by atoms with Crippen LogP contribution in [0.1, 0.15) is 133 Å². The SMILES string of the molecule is CCCCCCCCCCOc1ccccc1-c1nc(-c2ccccc2)c(-c2ccccc2)n1C1(c2ccccc2OCCCCCCCCCC)N=C(c2ccccc2)C(c2ccccc2)=N1. The lowest BCUT2D eigenvalue weighted by atomic mass is 10.0. The first-order valence-electron chi connectivity index (χ1n) is 25.7.